The maximum Gasteiger partial charge on any atom is 0.335 e. The maximum absolute atomic E-state index is 11.8. The minimum absolute atomic E-state index is 0.170. The molecule has 280 valence electrons. The minimum Gasteiger partial charge on any atom is -0.478 e. The molecule has 0 aliphatic carbocycles. The zero-order valence-corrected chi connectivity index (χ0v) is 31.7. The van der Waals surface area contributed by atoms with E-state index in [0.29, 0.717) is 28.9 Å². The average molecular weight is 717 g/mol. The number of carboxylic acid groups (broad SMARTS) is 1. The van der Waals surface area contributed by atoms with Crippen LogP contribution in [0, 0.1) is 0 Å². The first kappa shape index (κ1) is 38.2. The van der Waals surface area contributed by atoms with E-state index in [1.807, 2.05) is 6.07 Å². The Hall–Kier alpha value is -4.53. The van der Waals surface area contributed by atoms with Gasteiger partial charge in [0.1, 0.15) is 12.2 Å². The van der Waals surface area contributed by atoms with Crippen LogP contribution in [0.15, 0.2) is 48.5 Å². The van der Waals surface area contributed by atoms with E-state index in [0.717, 1.165) is 115 Å². The van der Waals surface area contributed by atoms with Crippen molar-refractivity contribution in [2.24, 2.45) is 0 Å². The molecule has 4 aromatic rings. The van der Waals surface area contributed by atoms with Gasteiger partial charge < -0.3 is 25.3 Å². The van der Waals surface area contributed by atoms with Gasteiger partial charge in [0.25, 0.3) is 0 Å². The van der Waals surface area contributed by atoms with Crippen molar-refractivity contribution < 1.29 is 20.1 Å². The van der Waals surface area contributed by atoms with Crippen molar-refractivity contribution in [1.82, 2.24) is 19.9 Å². The molecule has 5 N–H and O–H groups in total. The van der Waals surface area contributed by atoms with Crippen LogP contribution >= 0.6 is 0 Å². The van der Waals surface area contributed by atoms with Crippen molar-refractivity contribution in [2.45, 2.75) is 129 Å². The zero-order chi connectivity index (χ0) is 37.3. The molecule has 2 unspecified atom stereocenters. The van der Waals surface area contributed by atoms with Crippen molar-refractivity contribution in [3.8, 4) is 11.1 Å². The van der Waals surface area contributed by atoms with Crippen molar-refractivity contribution in [2.75, 3.05) is 0 Å². The third-order valence-corrected chi connectivity index (χ3v) is 10.8. The Morgan fingerprint density at radius 1 is 0.566 bits per heavy atom. The van der Waals surface area contributed by atoms with Gasteiger partial charge in [-0.05, 0) is 98.2 Å². The van der Waals surface area contributed by atoms with Crippen LogP contribution in [0.3, 0.4) is 0 Å². The van der Waals surface area contributed by atoms with Gasteiger partial charge in [-0.2, -0.15) is 0 Å². The first-order valence-corrected chi connectivity index (χ1v) is 20.0. The number of aliphatic hydroxyl groups is 2. The molecule has 0 saturated heterocycles. The number of rotatable bonds is 17. The summed E-state index contributed by atoms with van der Waals surface area (Å²) in [6.07, 6.45) is 17.6. The standard InChI is InChI=1S/C45H56N4O4/c1-4-7-10-13-16-31-34-23-24-35(46-34)32(17-14-11-8-5-2)37-27-28-39(48-37)40(29-19-21-30(22-20-29)45(52)53)42-44(51)43(50)41(49-42)33(18-15-12-9-6-3)38-26-25-36(31)47-38/h19-28,43-44,47-48,50-51H,4-18H2,1-3H3,(H,52,53). The summed E-state index contributed by atoms with van der Waals surface area (Å²) in [6.45, 7) is 6.65. The number of hydrogen-bond donors (Lipinski definition) is 5. The quantitative estimate of drug-likeness (QED) is 0.0608. The normalized spacial score (nSPS) is 15.3. The smallest absolute Gasteiger partial charge is 0.335 e. The first-order chi connectivity index (χ1) is 25.8. The lowest BCUT2D eigenvalue weighted by atomic mass is 9.97. The fourth-order valence-electron chi connectivity index (χ4n) is 7.78. The summed E-state index contributed by atoms with van der Waals surface area (Å²) in [7, 11) is 0. The van der Waals surface area contributed by atoms with Crippen molar-refractivity contribution in [1.29, 1.82) is 0 Å². The highest BCUT2D eigenvalue weighted by Crippen LogP contribution is 2.41. The summed E-state index contributed by atoms with van der Waals surface area (Å²) >= 11 is 0. The van der Waals surface area contributed by atoms with Crippen LogP contribution in [0.25, 0.3) is 45.3 Å². The molecule has 2 aliphatic heterocycles. The summed E-state index contributed by atoms with van der Waals surface area (Å²) in [6, 6.07) is 14.9. The van der Waals surface area contributed by atoms with Gasteiger partial charge in [0, 0.05) is 38.8 Å². The number of aromatic amines is 2. The molecule has 0 fully saturated rings. The Labute approximate surface area is 313 Å². The van der Waals surface area contributed by atoms with Gasteiger partial charge in [0.15, 0.2) is 0 Å². The van der Waals surface area contributed by atoms with E-state index in [1.54, 1.807) is 24.3 Å². The Balaban J connectivity index is 1.69. The molecule has 5 heterocycles. The number of carboxylic acids is 1. The predicted octanol–water partition coefficient (Wildman–Crippen LogP) is 11.0. The lowest BCUT2D eigenvalue weighted by Gasteiger charge is -2.13. The second-order valence-electron chi connectivity index (χ2n) is 14.7. The Morgan fingerprint density at radius 2 is 1.02 bits per heavy atom. The molecule has 2 atom stereocenters. The fourth-order valence-corrected chi connectivity index (χ4v) is 7.78. The van der Waals surface area contributed by atoms with Crippen molar-refractivity contribution in [3.63, 3.8) is 0 Å². The van der Waals surface area contributed by atoms with E-state index in [1.165, 1.54) is 24.8 Å². The van der Waals surface area contributed by atoms with Gasteiger partial charge in [-0.3, -0.25) is 4.98 Å². The van der Waals surface area contributed by atoms with Crippen molar-refractivity contribution >= 4 is 40.2 Å². The second-order valence-corrected chi connectivity index (χ2v) is 14.7. The molecule has 8 bridgehead atoms. The number of carbonyl (C=O) groups is 1. The molecule has 8 heteroatoms. The first-order valence-electron chi connectivity index (χ1n) is 20.0. The summed E-state index contributed by atoms with van der Waals surface area (Å²) in [5, 5.41) is 33.3. The number of hydrogen-bond acceptors (Lipinski definition) is 5. The Bertz CT molecular complexity index is 2070. The number of aliphatic hydroxyl groups excluding tert-OH is 2. The SMILES string of the molecule is CCCCCCc1c2nc(c(CCCCCC)c3ccc([nH]3)c(-c3ccc(C(=O)O)cc3)c3nc(c(CCCCCC)c4ccc1[nH]4)C(O)C3O)C=C2. The van der Waals surface area contributed by atoms with Crippen LogP contribution in [-0.4, -0.2) is 41.2 Å². The maximum atomic E-state index is 11.8. The minimum atomic E-state index is -1.28. The van der Waals surface area contributed by atoms with E-state index in [4.69, 9.17) is 9.97 Å². The summed E-state index contributed by atoms with van der Waals surface area (Å²) in [5.41, 5.74) is 11.1. The number of fused-ring (bicyclic) bond motifs is 8. The molecular weight excluding hydrogens is 661 g/mol. The van der Waals surface area contributed by atoms with E-state index in [2.05, 4.69) is 61.1 Å². The number of H-pyrrole nitrogens is 2. The molecule has 1 aromatic carbocycles. The van der Waals surface area contributed by atoms with Crippen LogP contribution in [0.4, 0.5) is 0 Å². The molecule has 0 spiro atoms. The van der Waals surface area contributed by atoms with Crippen LogP contribution in [0.1, 0.15) is 160 Å². The third-order valence-electron chi connectivity index (χ3n) is 10.8. The van der Waals surface area contributed by atoms with E-state index < -0.39 is 18.2 Å². The highest BCUT2D eigenvalue weighted by atomic mass is 16.4. The lowest BCUT2D eigenvalue weighted by Crippen LogP contribution is -2.06. The van der Waals surface area contributed by atoms with E-state index in [9.17, 15) is 20.1 Å². The molecule has 3 aromatic heterocycles. The van der Waals surface area contributed by atoms with Gasteiger partial charge in [-0.15, -0.1) is 0 Å². The van der Waals surface area contributed by atoms with Gasteiger partial charge in [0.2, 0.25) is 0 Å². The van der Waals surface area contributed by atoms with Crippen LogP contribution in [-0.2, 0) is 19.3 Å². The van der Waals surface area contributed by atoms with E-state index in [-0.39, 0.29) is 5.56 Å². The number of benzene rings is 1. The van der Waals surface area contributed by atoms with Gasteiger partial charge in [-0.25, -0.2) is 9.78 Å². The summed E-state index contributed by atoms with van der Waals surface area (Å²) in [5.74, 6) is -1.01. The summed E-state index contributed by atoms with van der Waals surface area (Å²) in [4.78, 5) is 29.6. The molecule has 2 aliphatic rings. The predicted molar refractivity (Wildman–Crippen MR) is 216 cm³/mol. The fraction of sp³-hybridized carbons (Fsp3) is 0.444. The number of nitrogens with zero attached hydrogens (tertiary/aromatic N) is 2. The number of unbranched alkanes of at least 4 members (excludes halogenated alkanes) is 9. The molecule has 0 radical (unpaired) electrons. The zero-order valence-electron chi connectivity index (χ0n) is 31.7. The average Bonchev–Trinajstić information content (AvgIpc) is 3.99. The van der Waals surface area contributed by atoms with Gasteiger partial charge >= 0.3 is 5.97 Å². The molecule has 8 nitrogen and oxygen atoms in total. The highest BCUT2D eigenvalue weighted by Gasteiger charge is 2.34. The van der Waals surface area contributed by atoms with E-state index >= 15 is 0 Å². The monoisotopic (exact) mass is 716 g/mol. The van der Waals surface area contributed by atoms with Gasteiger partial charge in [-0.1, -0.05) is 90.7 Å². The lowest BCUT2D eigenvalue weighted by molar-refractivity contribution is 0.0252. The number of aryl methyl sites for hydroxylation is 3. The Kier molecular flexibility index (Phi) is 13.0. The largest absolute Gasteiger partial charge is 0.478 e. The number of aromatic nitrogens is 4. The molecule has 0 amide bonds. The van der Waals surface area contributed by atoms with Crippen LogP contribution in [0.2, 0.25) is 0 Å². The second kappa shape index (κ2) is 18.0. The number of nitrogens with one attached hydrogen (secondary N) is 2. The number of aromatic carboxylic acids is 1. The topological polar surface area (TPSA) is 135 Å². The molecular formula is C45H56N4O4. The van der Waals surface area contributed by atoms with Crippen LogP contribution < -0.4 is 0 Å². The molecule has 0 saturated carbocycles. The Morgan fingerprint density at radius 3 is 1.53 bits per heavy atom. The molecule has 6 rings (SSSR count). The van der Waals surface area contributed by atoms with Crippen LogP contribution in [0.5, 0.6) is 0 Å². The molecule has 53 heavy (non-hydrogen) atoms. The van der Waals surface area contributed by atoms with Gasteiger partial charge in [0.05, 0.1) is 28.3 Å². The summed E-state index contributed by atoms with van der Waals surface area (Å²) < 4.78 is 0. The highest BCUT2D eigenvalue weighted by molar-refractivity contribution is 5.90. The third kappa shape index (κ3) is 8.66. The van der Waals surface area contributed by atoms with Crippen molar-refractivity contribution in [3.05, 3.63) is 93.6 Å².